The second kappa shape index (κ2) is 8.31. The van der Waals surface area contributed by atoms with Crippen molar-refractivity contribution in [2.45, 2.75) is 5.75 Å². The van der Waals surface area contributed by atoms with Crippen LogP contribution in [0.3, 0.4) is 0 Å². The molecule has 0 spiro atoms. The zero-order valence-corrected chi connectivity index (χ0v) is 10.9. The minimum atomic E-state index is 0.979. The predicted molar refractivity (Wildman–Crippen MR) is 78.7 cm³/mol. The number of allylic oxidation sites excluding steroid dienone is 3. The molecule has 16 heavy (non-hydrogen) atoms. The van der Waals surface area contributed by atoms with Gasteiger partial charge in [-0.15, -0.1) is 0 Å². The van der Waals surface area contributed by atoms with Crippen LogP contribution in [0.15, 0.2) is 67.3 Å². The molecule has 0 fully saturated rings. The standard InChI is InChI=1S/C14H16S2/c1-3-8-13(4-2)11-15-16-12-14-9-6-5-7-10-14/h3-10H,1-2,11-12H2/b13-8+. The molecule has 84 valence electrons. The van der Waals surface area contributed by atoms with Gasteiger partial charge in [0.05, 0.1) is 0 Å². The Kier molecular flexibility index (Phi) is 6.86. The third kappa shape index (κ3) is 5.29. The van der Waals surface area contributed by atoms with Crippen molar-refractivity contribution in [3.05, 3.63) is 72.9 Å². The van der Waals surface area contributed by atoms with E-state index in [2.05, 4.69) is 37.4 Å². The molecule has 0 amide bonds. The molecule has 0 aliphatic heterocycles. The molecule has 1 aromatic carbocycles. The van der Waals surface area contributed by atoms with Gasteiger partial charge < -0.3 is 0 Å². The normalized spacial score (nSPS) is 11.1. The van der Waals surface area contributed by atoms with E-state index in [0.29, 0.717) is 0 Å². The summed E-state index contributed by atoms with van der Waals surface area (Å²) in [6.07, 6.45) is 5.69. The first-order valence-electron chi connectivity index (χ1n) is 5.09. The fraction of sp³-hybridized carbons (Fsp3) is 0.143. The van der Waals surface area contributed by atoms with E-state index >= 15 is 0 Å². The van der Waals surface area contributed by atoms with Crippen molar-refractivity contribution >= 4 is 21.6 Å². The highest BCUT2D eigenvalue weighted by molar-refractivity contribution is 8.76. The van der Waals surface area contributed by atoms with Crippen LogP contribution in [0.2, 0.25) is 0 Å². The summed E-state index contributed by atoms with van der Waals surface area (Å²) in [5, 5.41) is 0. The Balaban J connectivity index is 2.24. The summed E-state index contributed by atoms with van der Waals surface area (Å²) >= 11 is 0. The number of benzene rings is 1. The van der Waals surface area contributed by atoms with Crippen LogP contribution in [-0.4, -0.2) is 5.75 Å². The molecular formula is C14H16S2. The van der Waals surface area contributed by atoms with Crippen LogP contribution in [0.4, 0.5) is 0 Å². The Bertz CT molecular complexity index is 352. The molecule has 0 aliphatic carbocycles. The molecule has 0 bridgehead atoms. The zero-order chi connectivity index (χ0) is 11.6. The van der Waals surface area contributed by atoms with E-state index in [1.165, 1.54) is 11.1 Å². The molecule has 0 unspecified atom stereocenters. The highest BCUT2D eigenvalue weighted by atomic mass is 33.1. The molecular weight excluding hydrogens is 232 g/mol. The van der Waals surface area contributed by atoms with E-state index in [1.807, 2.05) is 39.8 Å². The molecule has 0 atom stereocenters. The van der Waals surface area contributed by atoms with Gasteiger partial charge in [-0.2, -0.15) is 0 Å². The number of hydrogen-bond acceptors (Lipinski definition) is 2. The van der Waals surface area contributed by atoms with E-state index in [-0.39, 0.29) is 0 Å². The van der Waals surface area contributed by atoms with Crippen LogP contribution in [0.1, 0.15) is 5.56 Å². The van der Waals surface area contributed by atoms with Gasteiger partial charge in [-0.05, 0) is 11.1 Å². The van der Waals surface area contributed by atoms with Gasteiger partial charge in [0.2, 0.25) is 0 Å². The van der Waals surface area contributed by atoms with Gasteiger partial charge in [0.25, 0.3) is 0 Å². The second-order valence-corrected chi connectivity index (χ2v) is 5.65. The topological polar surface area (TPSA) is 0 Å². The largest absolute Gasteiger partial charge is 0.0991 e. The fourth-order valence-electron chi connectivity index (χ4n) is 1.12. The Morgan fingerprint density at radius 2 is 1.88 bits per heavy atom. The minimum absolute atomic E-state index is 0.979. The summed E-state index contributed by atoms with van der Waals surface area (Å²) < 4.78 is 0. The van der Waals surface area contributed by atoms with Crippen LogP contribution >= 0.6 is 21.6 Å². The van der Waals surface area contributed by atoms with E-state index in [0.717, 1.165) is 11.5 Å². The Morgan fingerprint density at radius 3 is 2.50 bits per heavy atom. The predicted octanol–water partition coefficient (Wildman–Crippen LogP) is 4.87. The first-order valence-corrected chi connectivity index (χ1v) is 7.58. The Labute approximate surface area is 106 Å². The van der Waals surface area contributed by atoms with Gasteiger partial charge in [0.1, 0.15) is 0 Å². The number of hydrogen-bond donors (Lipinski definition) is 0. The molecule has 0 saturated carbocycles. The van der Waals surface area contributed by atoms with Gasteiger partial charge in [-0.3, -0.25) is 0 Å². The maximum Gasteiger partial charge on any atom is 0.0288 e. The van der Waals surface area contributed by atoms with E-state index in [1.54, 1.807) is 6.08 Å². The summed E-state index contributed by atoms with van der Waals surface area (Å²) in [5.41, 5.74) is 2.59. The van der Waals surface area contributed by atoms with Crippen LogP contribution < -0.4 is 0 Å². The summed E-state index contributed by atoms with van der Waals surface area (Å²) in [6.45, 7) is 7.46. The SMILES string of the molecule is C=C/C=C(\C=C)CSSCc1ccccc1. The molecule has 1 aromatic rings. The highest BCUT2D eigenvalue weighted by Crippen LogP contribution is 2.27. The van der Waals surface area contributed by atoms with Crippen molar-refractivity contribution in [2.24, 2.45) is 0 Å². The van der Waals surface area contributed by atoms with Crippen LogP contribution in [0.25, 0.3) is 0 Å². The summed E-state index contributed by atoms with van der Waals surface area (Å²) in [5.74, 6) is 2.02. The fourth-order valence-corrected chi connectivity index (χ4v) is 3.28. The molecule has 0 nitrogen and oxygen atoms in total. The third-order valence-electron chi connectivity index (χ3n) is 1.97. The average molecular weight is 248 g/mol. The van der Waals surface area contributed by atoms with E-state index < -0.39 is 0 Å². The lowest BCUT2D eigenvalue weighted by Gasteiger charge is -2.02. The van der Waals surface area contributed by atoms with Crippen LogP contribution in [0.5, 0.6) is 0 Å². The maximum atomic E-state index is 3.78. The maximum absolute atomic E-state index is 3.78. The zero-order valence-electron chi connectivity index (χ0n) is 9.26. The monoisotopic (exact) mass is 248 g/mol. The van der Waals surface area contributed by atoms with Gasteiger partial charge >= 0.3 is 0 Å². The molecule has 0 saturated heterocycles. The summed E-state index contributed by atoms with van der Waals surface area (Å²) in [6, 6.07) is 10.5. The minimum Gasteiger partial charge on any atom is -0.0991 e. The van der Waals surface area contributed by atoms with Crippen LogP contribution in [0, 0.1) is 0 Å². The lowest BCUT2D eigenvalue weighted by atomic mass is 10.2. The molecule has 0 heterocycles. The van der Waals surface area contributed by atoms with Crippen LogP contribution in [-0.2, 0) is 5.75 Å². The van der Waals surface area contributed by atoms with Gasteiger partial charge in [0, 0.05) is 11.5 Å². The summed E-state index contributed by atoms with van der Waals surface area (Å²) in [7, 11) is 3.72. The summed E-state index contributed by atoms with van der Waals surface area (Å²) in [4.78, 5) is 0. The van der Waals surface area contributed by atoms with Gasteiger partial charge in [-0.25, -0.2) is 0 Å². The molecule has 0 radical (unpaired) electrons. The van der Waals surface area contributed by atoms with Gasteiger partial charge in [-0.1, -0.05) is 83.3 Å². The molecule has 2 heteroatoms. The Morgan fingerprint density at radius 1 is 1.12 bits per heavy atom. The second-order valence-electron chi connectivity index (χ2n) is 3.19. The van der Waals surface area contributed by atoms with Crippen molar-refractivity contribution in [1.29, 1.82) is 0 Å². The lowest BCUT2D eigenvalue weighted by Crippen LogP contribution is -1.81. The smallest absolute Gasteiger partial charge is 0.0288 e. The average Bonchev–Trinajstić information content (AvgIpc) is 2.34. The molecule has 0 aromatic heterocycles. The highest BCUT2D eigenvalue weighted by Gasteiger charge is 1.95. The van der Waals surface area contributed by atoms with Gasteiger partial charge in [0.15, 0.2) is 0 Å². The van der Waals surface area contributed by atoms with Crippen molar-refractivity contribution in [3.8, 4) is 0 Å². The molecule has 0 aliphatic rings. The van der Waals surface area contributed by atoms with Crippen molar-refractivity contribution in [2.75, 3.05) is 5.75 Å². The first-order chi connectivity index (χ1) is 7.86. The third-order valence-corrected chi connectivity index (χ3v) is 4.25. The van der Waals surface area contributed by atoms with Crippen molar-refractivity contribution < 1.29 is 0 Å². The first kappa shape index (κ1) is 13.2. The van der Waals surface area contributed by atoms with E-state index in [4.69, 9.17) is 0 Å². The molecule has 0 N–H and O–H groups in total. The lowest BCUT2D eigenvalue weighted by molar-refractivity contribution is 1.43. The number of rotatable bonds is 7. The quantitative estimate of drug-likeness (QED) is 0.384. The van der Waals surface area contributed by atoms with Crippen molar-refractivity contribution in [1.82, 2.24) is 0 Å². The molecule has 1 rings (SSSR count). The van der Waals surface area contributed by atoms with E-state index in [9.17, 15) is 0 Å². The Hall–Kier alpha value is -0.860. The van der Waals surface area contributed by atoms with Crippen molar-refractivity contribution in [3.63, 3.8) is 0 Å².